The first-order valence-corrected chi connectivity index (χ1v) is 8.74. The Balaban J connectivity index is 2.11. The fraction of sp³-hybridized carbons (Fsp3) is 0.429. The lowest BCUT2D eigenvalue weighted by Crippen LogP contribution is -2.15. The van der Waals surface area contributed by atoms with Crippen LogP contribution >= 0.6 is 0 Å². The first-order chi connectivity index (χ1) is 11.5. The first kappa shape index (κ1) is 18.3. The Morgan fingerprint density at radius 2 is 1.79 bits per heavy atom. The molecule has 3 heteroatoms. The van der Waals surface area contributed by atoms with Gasteiger partial charge in [0.05, 0.1) is 6.61 Å². The number of nitrogens with two attached hydrogens (primary N) is 1. The zero-order chi connectivity index (χ0) is 17.5. The molecule has 0 radical (unpaired) electrons. The van der Waals surface area contributed by atoms with Crippen LogP contribution < -0.4 is 15.4 Å². The van der Waals surface area contributed by atoms with E-state index in [4.69, 9.17) is 10.5 Å². The maximum Gasteiger partial charge on any atom is 0.122 e. The summed E-state index contributed by atoms with van der Waals surface area (Å²) in [4.78, 5) is 2.11. The third-order valence-corrected chi connectivity index (χ3v) is 4.35. The van der Waals surface area contributed by atoms with Crippen molar-refractivity contribution in [1.29, 1.82) is 0 Å². The molecule has 0 fully saturated rings. The lowest BCUT2D eigenvalue weighted by atomic mass is 9.91. The zero-order valence-corrected chi connectivity index (χ0v) is 15.4. The summed E-state index contributed by atoms with van der Waals surface area (Å²) in [5.74, 6) is 1.31. The number of rotatable bonds is 8. The fourth-order valence-corrected chi connectivity index (χ4v) is 2.85. The summed E-state index contributed by atoms with van der Waals surface area (Å²) < 4.78 is 5.77. The molecule has 0 aliphatic heterocycles. The molecule has 0 heterocycles. The van der Waals surface area contributed by atoms with Crippen molar-refractivity contribution in [2.24, 2.45) is 5.73 Å². The van der Waals surface area contributed by atoms with Gasteiger partial charge in [0.1, 0.15) is 5.75 Å². The molecule has 1 unspecified atom stereocenters. The van der Waals surface area contributed by atoms with Crippen molar-refractivity contribution in [2.75, 3.05) is 32.1 Å². The maximum atomic E-state index is 6.06. The van der Waals surface area contributed by atoms with Crippen LogP contribution in [-0.4, -0.2) is 27.2 Å². The van der Waals surface area contributed by atoms with Crippen LogP contribution in [0.25, 0.3) is 0 Å². The molecule has 2 aromatic carbocycles. The van der Waals surface area contributed by atoms with Gasteiger partial charge in [-0.3, -0.25) is 0 Å². The molecule has 0 aliphatic rings. The minimum Gasteiger partial charge on any atom is -0.493 e. The maximum absolute atomic E-state index is 6.06. The second-order valence-corrected chi connectivity index (χ2v) is 6.57. The predicted molar refractivity (Wildman–Crippen MR) is 103 cm³/mol. The quantitative estimate of drug-likeness (QED) is 0.792. The normalized spacial score (nSPS) is 12.0. The highest BCUT2D eigenvalue weighted by atomic mass is 16.5. The average Bonchev–Trinajstić information content (AvgIpc) is 2.59. The van der Waals surface area contributed by atoms with Crippen molar-refractivity contribution < 1.29 is 4.74 Å². The summed E-state index contributed by atoms with van der Waals surface area (Å²) in [7, 11) is 4.12. The third-order valence-electron chi connectivity index (χ3n) is 4.35. The van der Waals surface area contributed by atoms with E-state index in [1.807, 2.05) is 0 Å². The van der Waals surface area contributed by atoms with E-state index in [1.165, 1.54) is 22.4 Å². The molecular weight excluding hydrogens is 296 g/mol. The highest BCUT2D eigenvalue weighted by molar-refractivity contribution is 5.46. The second kappa shape index (κ2) is 8.74. The van der Waals surface area contributed by atoms with Crippen LogP contribution in [0.5, 0.6) is 5.75 Å². The summed E-state index contributed by atoms with van der Waals surface area (Å²) in [6, 6.07) is 15.2. The third kappa shape index (κ3) is 4.75. The Bertz CT molecular complexity index is 635. The Morgan fingerprint density at radius 1 is 1.08 bits per heavy atom. The molecule has 2 rings (SSSR count). The van der Waals surface area contributed by atoms with Crippen molar-refractivity contribution in [3.05, 3.63) is 59.2 Å². The standard InChI is InChI=1S/C21H30N2O/c1-5-12-24-21-11-8-18(13-16(21)2)19(15-22)14-17-6-9-20(10-7-17)23(3)4/h6-11,13,19H,5,12,14-15,22H2,1-4H3. The van der Waals surface area contributed by atoms with Crippen LogP contribution in [-0.2, 0) is 6.42 Å². The minimum atomic E-state index is 0.328. The monoisotopic (exact) mass is 326 g/mol. The van der Waals surface area contributed by atoms with Crippen molar-refractivity contribution in [3.8, 4) is 5.75 Å². The van der Waals surface area contributed by atoms with E-state index in [1.54, 1.807) is 0 Å². The van der Waals surface area contributed by atoms with Gasteiger partial charge in [0.15, 0.2) is 0 Å². The first-order valence-electron chi connectivity index (χ1n) is 8.74. The van der Waals surface area contributed by atoms with Crippen LogP contribution in [0.1, 0.15) is 36.0 Å². The number of ether oxygens (including phenoxy) is 1. The Hall–Kier alpha value is -2.00. The van der Waals surface area contributed by atoms with Gasteiger partial charge in [0.2, 0.25) is 0 Å². The molecule has 0 spiro atoms. The van der Waals surface area contributed by atoms with Gasteiger partial charge in [-0.05, 0) is 61.2 Å². The summed E-state index contributed by atoms with van der Waals surface area (Å²) in [6.07, 6.45) is 1.98. The van der Waals surface area contributed by atoms with E-state index in [2.05, 4.69) is 75.3 Å². The molecule has 24 heavy (non-hydrogen) atoms. The molecule has 2 aromatic rings. The number of hydrogen-bond donors (Lipinski definition) is 1. The van der Waals surface area contributed by atoms with Gasteiger partial charge in [-0.25, -0.2) is 0 Å². The Morgan fingerprint density at radius 3 is 2.33 bits per heavy atom. The van der Waals surface area contributed by atoms with Crippen LogP contribution in [0.2, 0.25) is 0 Å². The van der Waals surface area contributed by atoms with Gasteiger partial charge in [0.25, 0.3) is 0 Å². The lowest BCUT2D eigenvalue weighted by molar-refractivity contribution is 0.315. The van der Waals surface area contributed by atoms with E-state index in [0.717, 1.165) is 25.2 Å². The van der Waals surface area contributed by atoms with Crippen molar-refractivity contribution in [1.82, 2.24) is 0 Å². The van der Waals surface area contributed by atoms with Gasteiger partial charge in [-0.1, -0.05) is 31.2 Å². The molecule has 0 saturated carbocycles. The molecular formula is C21H30N2O. The summed E-state index contributed by atoms with van der Waals surface area (Å²) in [6.45, 7) is 5.63. The van der Waals surface area contributed by atoms with Crippen LogP contribution in [0.4, 0.5) is 5.69 Å². The van der Waals surface area contributed by atoms with Gasteiger partial charge in [0, 0.05) is 25.7 Å². The van der Waals surface area contributed by atoms with E-state index < -0.39 is 0 Å². The molecule has 3 nitrogen and oxygen atoms in total. The van der Waals surface area contributed by atoms with E-state index in [-0.39, 0.29) is 0 Å². The zero-order valence-electron chi connectivity index (χ0n) is 15.4. The molecule has 0 aromatic heterocycles. The molecule has 0 aliphatic carbocycles. The smallest absolute Gasteiger partial charge is 0.122 e. The van der Waals surface area contributed by atoms with Gasteiger partial charge >= 0.3 is 0 Å². The van der Waals surface area contributed by atoms with Gasteiger partial charge in [-0.15, -0.1) is 0 Å². The van der Waals surface area contributed by atoms with Crippen molar-refractivity contribution in [2.45, 2.75) is 32.6 Å². The number of anilines is 1. The minimum absolute atomic E-state index is 0.328. The van der Waals surface area contributed by atoms with Crippen LogP contribution in [0, 0.1) is 6.92 Å². The average molecular weight is 326 g/mol. The second-order valence-electron chi connectivity index (χ2n) is 6.57. The van der Waals surface area contributed by atoms with Crippen LogP contribution in [0.3, 0.4) is 0 Å². The summed E-state index contributed by atoms with van der Waals surface area (Å²) in [5.41, 5.74) is 11.1. The fourth-order valence-electron chi connectivity index (χ4n) is 2.85. The number of nitrogens with zero attached hydrogens (tertiary/aromatic N) is 1. The summed E-state index contributed by atoms with van der Waals surface area (Å²) in [5, 5.41) is 0. The van der Waals surface area contributed by atoms with E-state index in [9.17, 15) is 0 Å². The van der Waals surface area contributed by atoms with E-state index >= 15 is 0 Å². The molecule has 0 saturated heterocycles. The molecule has 0 amide bonds. The number of benzene rings is 2. The topological polar surface area (TPSA) is 38.5 Å². The Kier molecular flexibility index (Phi) is 6.68. The number of hydrogen-bond acceptors (Lipinski definition) is 3. The predicted octanol–water partition coefficient (Wildman–Crippen LogP) is 4.13. The molecule has 1 atom stereocenters. The summed E-state index contributed by atoms with van der Waals surface area (Å²) >= 11 is 0. The lowest BCUT2D eigenvalue weighted by Gasteiger charge is -2.18. The highest BCUT2D eigenvalue weighted by Gasteiger charge is 2.13. The van der Waals surface area contributed by atoms with Crippen molar-refractivity contribution >= 4 is 5.69 Å². The Labute approximate surface area is 146 Å². The van der Waals surface area contributed by atoms with Crippen LogP contribution in [0.15, 0.2) is 42.5 Å². The molecule has 130 valence electrons. The van der Waals surface area contributed by atoms with Crippen molar-refractivity contribution in [3.63, 3.8) is 0 Å². The number of aryl methyl sites for hydroxylation is 1. The van der Waals surface area contributed by atoms with E-state index in [0.29, 0.717) is 12.5 Å². The van der Waals surface area contributed by atoms with Gasteiger partial charge < -0.3 is 15.4 Å². The van der Waals surface area contributed by atoms with Gasteiger partial charge in [-0.2, -0.15) is 0 Å². The highest BCUT2D eigenvalue weighted by Crippen LogP contribution is 2.26. The molecule has 2 N–H and O–H groups in total. The molecule has 0 bridgehead atoms. The SMILES string of the molecule is CCCOc1ccc(C(CN)Cc2ccc(N(C)C)cc2)cc1C. The largest absolute Gasteiger partial charge is 0.493 e.